The van der Waals surface area contributed by atoms with E-state index in [1.165, 1.54) is 0 Å². The van der Waals surface area contributed by atoms with Gasteiger partial charge in [-0.2, -0.15) is 0 Å². The van der Waals surface area contributed by atoms with Crippen LogP contribution in [0.25, 0.3) is 0 Å². The number of aryl methyl sites for hydroxylation is 1. The monoisotopic (exact) mass is 246 g/mol. The summed E-state index contributed by atoms with van der Waals surface area (Å²) in [5, 5.41) is 8.37. The van der Waals surface area contributed by atoms with E-state index < -0.39 is 5.91 Å². The maximum atomic E-state index is 10.9. The fourth-order valence-corrected chi connectivity index (χ4v) is 1.61. The molecule has 0 aliphatic heterocycles. The normalized spacial score (nSPS) is 10.3. The fourth-order valence-electron chi connectivity index (χ4n) is 1.61. The van der Waals surface area contributed by atoms with Gasteiger partial charge >= 0.3 is 0 Å². The third-order valence-electron chi connectivity index (χ3n) is 2.53. The van der Waals surface area contributed by atoms with E-state index in [-0.39, 0.29) is 6.42 Å². The topological polar surface area (TPSA) is 75.4 Å². The van der Waals surface area contributed by atoms with E-state index in [0.717, 1.165) is 5.56 Å². The molecule has 0 atom stereocenters. The van der Waals surface area contributed by atoms with Crippen LogP contribution in [0.5, 0.6) is 0 Å². The van der Waals surface area contributed by atoms with E-state index >= 15 is 0 Å². The number of carbonyl (C=O) groups is 1. The largest absolute Gasteiger partial charge is 0.448 e. The summed E-state index contributed by atoms with van der Waals surface area (Å²) in [7, 11) is 0. The lowest BCUT2D eigenvalue weighted by Crippen LogP contribution is -2.18. The number of nitrogens with zero attached hydrogens (tertiary/aromatic N) is 1. The number of amides is 1. The second-order valence-electron chi connectivity index (χ2n) is 3.93. The first kappa shape index (κ1) is 12.3. The predicted octanol–water partition coefficient (Wildman–Crippen LogP) is 1.70. The van der Waals surface area contributed by atoms with E-state index in [1.54, 1.807) is 11.7 Å². The Morgan fingerprint density at radius 3 is 2.83 bits per heavy atom. The molecule has 0 saturated carbocycles. The van der Waals surface area contributed by atoms with E-state index in [0.29, 0.717) is 24.4 Å². The summed E-state index contributed by atoms with van der Waals surface area (Å²) in [4.78, 5) is 15.1. The highest BCUT2D eigenvalue weighted by molar-refractivity contribution is 5.74. The van der Waals surface area contributed by atoms with Crippen LogP contribution in [0.15, 0.2) is 41.0 Å². The van der Waals surface area contributed by atoms with Crippen LogP contribution in [0.1, 0.15) is 23.6 Å². The number of rotatable bonds is 5. The molecule has 0 saturated heterocycles. The van der Waals surface area contributed by atoms with Gasteiger partial charge in [-0.25, -0.2) is 10.5 Å². The number of carbonyl (C=O) groups excluding carboxylic acids is 1. The Bertz CT molecular complexity index is 508. The van der Waals surface area contributed by atoms with Gasteiger partial charge in [0.15, 0.2) is 5.89 Å². The Balaban J connectivity index is 1.92. The Kier molecular flexibility index (Phi) is 4.09. The maximum Gasteiger partial charge on any atom is 0.243 e. The number of benzene rings is 1. The van der Waals surface area contributed by atoms with Gasteiger partial charge in [0.2, 0.25) is 5.91 Å². The van der Waals surface area contributed by atoms with Gasteiger partial charge in [-0.3, -0.25) is 10.0 Å². The van der Waals surface area contributed by atoms with Crippen LogP contribution in [-0.4, -0.2) is 16.1 Å². The summed E-state index contributed by atoms with van der Waals surface area (Å²) in [6.45, 7) is 0. The van der Waals surface area contributed by atoms with Crippen molar-refractivity contribution in [3.05, 3.63) is 53.7 Å². The summed E-state index contributed by atoms with van der Waals surface area (Å²) in [6, 6.07) is 9.89. The third-order valence-corrected chi connectivity index (χ3v) is 2.53. The lowest BCUT2D eigenvalue weighted by atomic mass is 10.1. The smallest absolute Gasteiger partial charge is 0.243 e. The van der Waals surface area contributed by atoms with Crippen molar-refractivity contribution in [2.45, 2.75) is 19.3 Å². The highest BCUT2D eigenvalue weighted by atomic mass is 16.5. The molecule has 94 valence electrons. The molecule has 5 nitrogen and oxygen atoms in total. The molecule has 0 spiro atoms. The van der Waals surface area contributed by atoms with Gasteiger partial charge in [-0.15, -0.1) is 0 Å². The minimum atomic E-state index is -0.428. The lowest BCUT2D eigenvalue weighted by molar-refractivity contribution is -0.129. The van der Waals surface area contributed by atoms with Gasteiger partial charge in [0.1, 0.15) is 6.26 Å². The molecule has 0 aliphatic rings. The van der Waals surface area contributed by atoms with Gasteiger partial charge < -0.3 is 4.42 Å². The number of oxazole rings is 1. The van der Waals surface area contributed by atoms with Crippen LogP contribution in [0.4, 0.5) is 0 Å². The molecular formula is C13H14N2O3. The van der Waals surface area contributed by atoms with Crippen molar-refractivity contribution in [3.63, 3.8) is 0 Å². The van der Waals surface area contributed by atoms with Crippen LogP contribution in [0, 0.1) is 0 Å². The van der Waals surface area contributed by atoms with E-state index in [2.05, 4.69) is 4.98 Å². The van der Waals surface area contributed by atoms with Crippen molar-refractivity contribution in [1.82, 2.24) is 10.5 Å². The SMILES string of the molecule is O=C(CCc1coc(Cc2ccccc2)n1)NO. The number of hydrogen-bond acceptors (Lipinski definition) is 4. The zero-order valence-electron chi connectivity index (χ0n) is 9.80. The molecule has 0 unspecified atom stereocenters. The molecule has 1 aromatic heterocycles. The van der Waals surface area contributed by atoms with E-state index in [1.807, 2.05) is 30.3 Å². The lowest BCUT2D eigenvalue weighted by Gasteiger charge is -1.96. The van der Waals surface area contributed by atoms with Crippen LogP contribution < -0.4 is 5.48 Å². The highest BCUT2D eigenvalue weighted by Crippen LogP contribution is 2.10. The van der Waals surface area contributed by atoms with Gasteiger partial charge in [-0.1, -0.05) is 30.3 Å². The minimum absolute atomic E-state index is 0.188. The fraction of sp³-hybridized carbons (Fsp3) is 0.231. The molecule has 1 amide bonds. The first-order valence-electron chi connectivity index (χ1n) is 5.68. The molecule has 2 N–H and O–H groups in total. The Hall–Kier alpha value is -2.14. The molecule has 0 radical (unpaired) electrons. The molecule has 0 aliphatic carbocycles. The van der Waals surface area contributed by atoms with Gasteiger partial charge in [0.05, 0.1) is 5.69 Å². The summed E-state index contributed by atoms with van der Waals surface area (Å²) in [5.41, 5.74) is 3.42. The summed E-state index contributed by atoms with van der Waals surface area (Å²) >= 11 is 0. The molecule has 1 heterocycles. The van der Waals surface area contributed by atoms with E-state index in [9.17, 15) is 4.79 Å². The van der Waals surface area contributed by atoms with Crippen LogP contribution in [0.3, 0.4) is 0 Å². The predicted molar refractivity (Wildman–Crippen MR) is 64.0 cm³/mol. The second kappa shape index (κ2) is 5.97. The first-order valence-corrected chi connectivity index (χ1v) is 5.68. The molecular weight excluding hydrogens is 232 g/mol. The zero-order valence-corrected chi connectivity index (χ0v) is 9.80. The molecule has 5 heteroatoms. The molecule has 0 fully saturated rings. The second-order valence-corrected chi connectivity index (χ2v) is 3.93. The number of hydroxylamine groups is 1. The minimum Gasteiger partial charge on any atom is -0.448 e. The summed E-state index contributed by atoms with van der Waals surface area (Å²) < 4.78 is 5.33. The first-order chi connectivity index (χ1) is 8.78. The van der Waals surface area contributed by atoms with Gasteiger partial charge in [0.25, 0.3) is 0 Å². The summed E-state index contributed by atoms with van der Waals surface area (Å²) in [6.07, 6.45) is 2.81. The van der Waals surface area contributed by atoms with Crippen molar-refractivity contribution in [3.8, 4) is 0 Å². The van der Waals surface area contributed by atoms with Crippen molar-refractivity contribution in [1.29, 1.82) is 0 Å². The molecule has 2 aromatic rings. The average Bonchev–Trinajstić information content (AvgIpc) is 2.85. The Labute approximate surface area is 104 Å². The molecule has 2 rings (SSSR count). The highest BCUT2D eigenvalue weighted by Gasteiger charge is 2.07. The zero-order chi connectivity index (χ0) is 12.8. The van der Waals surface area contributed by atoms with Crippen molar-refractivity contribution >= 4 is 5.91 Å². The maximum absolute atomic E-state index is 10.9. The Morgan fingerprint density at radius 1 is 1.33 bits per heavy atom. The standard InChI is InChI=1S/C13H14N2O3/c16-12(15-17)7-6-11-9-18-13(14-11)8-10-4-2-1-3-5-10/h1-5,9,17H,6-8H2,(H,15,16). The summed E-state index contributed by atoms with van der Waals surface area (Å²) in [5.74, 6) is 0.197. The van der Waals surface area contributed by atoms with Crippen molar-refractivity contribution in [2.75, 3.05) is 0 Å². The average molecular weight is 246 g/mol. The van der Waals surface area contributed by atoms with Gasteiger partial charge in [-0.05, 0) is 5.56 Å². The molecule has 0 bridgehead atoms. The van der Waals surface area contributed by atoms with Gasteiger partial charge in [0, 0.05) is 19.3 Å². The number of nitrogens with one attached hydrogen (secondary N) is 1. The van der Waals surface area contributed by atoms with Crippen LogP contribution in [-0.2, 0) is 17.6 Å². The van der Waals surface area contributed by atoms with Crippen LogP contribution >= 0.6 is 0 Å². The van der Waals surface area contributed by atoms with Crippen molar-refractivity contribution < 1.29 is 14.4 Å². The van der Waals surface area contributed by atoms with Crippen LogP contribution in [0.2, 0.25) is 0 Å². The molecule has 1 aromatic carbocycles. The van der Waals surface area contributed by atoms with Crippen molar-refractivity contribution in [2.24, 2.45) is 0 Å². The quantitative estimate of drug-likeness (QED) is 0.622. The number of aromatic nitrogens is 1. The third kappa shape index (κ3) is 3.43. The van der Waals surface area contributed by atoms with E-state index in [4.69, 9.17) is 9.62 Å². The molecule has 18 heavy (non-hydrogen) atoms. The number of hydrogen-bond donors (Lipinski definition) is 2. The Morgan fingerprint density at radius 2 is 2.11 bits per heavy atom.